The minimum atomic E-state index is -0.645. The van der Waals surface area contributed by atoms with Crippen molar-refractivity contribution in [2.45, 2.75) is 33.0 Å². The molecule has 1 aromatic heterocycles. The molecule has 0 aliphatic carbocycles. The Hall–Kier alpha value is -2.53. The molecule has 1 heterocycles. The van der Waals surface area contributed by atoms with Gasteiger partial charge in [-0.3, -0.25) is 5.73 Å². The normalized spacial score (nSPS) is 12.5. The van der Waals surface area contributed by atoms with Crippen LogP contribution in [0.4, 0.5) is 5.95 Å². The van der Waals surface area contributed by atoms with Crippen molar-refractivity contribution in [3.05, 3.63) is 54.1 Å². The van der Waals surface area contributed by atoms with Crippen LogP contribution < -0.4 is 15.0 Å². The van der Waals surface area contributed by atoms with Gasteiger partial charge in [-0.2, -0.15) is 0 Å². The topological polar surface area (TPSA) is 64.3 Å². The van der Waals surface area contributed by atoms with Crippen LogP contribution in [0.5, 0.6) is 5.75 Å². The maximum atomic E-state index is 10.4. The maximum Gasteiger partial charge on any atom is 0.356 e. The Balaban J connectivity index is 1.77. The molecule has 3 N–H and O–H groups in total. The number of hydrogen-bond donors (Lipinski definition) is 2. The van der Waals surface area contributed by atoms with Crippen molar-refractivity contribution in [3.63, 3.8) is 0 Å². The van der Waals surface area contributed by atoms with Gasteiger partial charge in [0.25, 0.3) is 0 Å². The van der Waals surface area contributed by atoms with Crippen molar-refractivity contribution in [2.24, 2.45) is 0 Å². The van der Waals surface area contributed by atoms with Crippen molar-refractivity contribution in [3.8, 4) is 5.75 Å². The zero-order valence-electron chi connectivity index (χ0n) is 14.1. The molecule has 1 atom stereocenters. The number of benzene rings is 2. The summed E-state index contributed by atoms with van der Waals surface area (Å²) >= 11 is 0. The van der Waals surface area contributed by atoms with Crippen molar-refractivity contribution >= 4 is 17.0 Å². The van der Waals surface area contributed by atoms with Gasteiger partial charge in [0.05, 0.1) is 6.54 Å². The summed E-state index contributed by atoms with van der Waals surface area (Å²) in [6, 6.07) is 15.8. The first-order valence-electron chi connectivity index (χ1n) is 8.24. The van der Waals surface area contributed by atoms with Crippen LogP contribution in [-0.2, 0) is 13.1 Å². The molecule has 0 spiro atoms. The van der Waals surface area contributed by atoms with E-state index in [-0.39, 0.29) is 6.61 Å². The molecule has 0 fully saturated rings. The number of anilines is 1. The second-order valence-electron chi connectivity index (χ2n) is 5.93. The van der Waals surface area contributed by atoms with E-state index in [2.05, 4.69) is 6.92 Å². The summed E-state index contributed by atoms with van der Waals surface area (Å²) in [5, 5.41) is 10.4. The smallest absolute Gasteiger partial charge is 0.356 e. The van der Waals surface area contributed by atoms with Gasteiger partial charge in [-0.15, -0.1) is 0 Å². The summed E-state index contributed by atoms with van der Waals surface area (Å²) in [6.07, 6.45) is -0.645. The van der Waals surface area contributed by atoms with Crippen molar-refractivity contribution < 1.29 is 14.4 Å². The largest absolute Gasteiger partial charge is 0.490 e. The van der Waals surface area contributed by atoms with Gasteiger partial charge < -0.3 is 9.84 Å². The molecule has 0 radical (unpaired) electrons. The summed E-state index contributed by atoms with van der Waals surface area (Å²) < 4.78 is 9.74. The molecule has 0 saturated carbocycles. The number of fused-ring (bicyclic) bond motifs is 1. The van der Waals surface area contributed by atoms with Crippen LogP contribution in [0.15, 0.2) is 48.5 Å². The Morgan fingerprint density at radius 3 is 2.62 bits per heavy atom. The lowest BCUT2D eigenvalue weighted by atomic mass is 10.2. The SMILES string of the molecule is CCn1c(N)[n+](C[C@@H](O)COc2ccccc2C)c2ccccc21. The van der Waals surface area contributed by atoms with Gasteiger partial charge in [0.2, 0.25) is 0 Å². The lowest BCUT2D eigenvalue weighted by Gasteiger charge is -2.13. The van der Waals surface area contributed by atoms with Gasteiger partial charge in [0, 0.05) is 0 Å². The van der Waals surface area contributed by atoms with Crippen molar-refractivity contribution in [1.82, 2.24) is 4.57 Å². The van der Waals surface area contributed by atoms with E-state index >= 15 is 0 Å². The molecular weight excluding hydrogens is 302 g/mol. The minimum Gasteiger partial charge on any atom is -0.490 e. The van der Waals surface area contributed by atoms with Gasteiger partial charge in [-0.1, -0.05) is 30.3 Å². The molecule has 5 heteroatoms. The van der Waals surface area contributed by atoms with Crippen LogP contribution in [0.25, 0.3) is 11.0 Å². The van der Waals surface area contributed by atoms with E-state index in [1.165, 1.54) is 0 Å². The molecule has 5 nitrogen and oxygen atoms in total. The minimum absolute atomic E-state index is 0.225. The maximum absolute atomic E-state index is 10.4. The number of rotatable bonds is 6. The molecule has 0 amide bonds. The fourth-order valence-electron chi connectivity index (χ4n) is 3.01. The summed E-state index contributed by atoms with van der Waals surface area (Å²) in [7, 11) is 0. The van der Waals surface area contributed by atoms with E-state index in [1.54, 1.807) is 0 Å². The number of nitrogen functional groups attached to an aromatic ring is 1. The molecule has 2 aromatic carbocycles. The lowest BCUT2D eigenvalue weighted by Crippen LogP contribution is -2.43. The predicted molar refractivity (Wildman–Crippen MR) is 94.9 cm³/mol. The summed E-state index contributed by atoms with van der Waals surface area (Å²) in [4.78, 5) is 0. The molecule has 3 aromatic rings. The van der Waals surface area contributed by atoms with E-state index in [9.17, 15) is 5.11 Å². The van der Waals surface area contributed by atoms with Gasteiger partial charge in [-0.25, -0.2) is 9.13 Å². The number of nitrogens with two attached hydrogens (primary N) is 1. The average Bonchev–Trinajstić information content (AvgIpc) is 2.86. The molecule has 126 valence electrons. The monoisotopic (exact) mass is 326 g/mol. The number of aliphatic hydroxyl groups is 1. The van der Waals surface area contributed by atoms with Crippen molar-refractivity contribution in [1.29, 1.82) is 0 Å². The van der Waals surface area contributed by atoms with Gasteiger partial charge in [-0.05, 0) is 37.6 Å². The average molecular weight is 326 g/mol. The molecule has 0 unspecified atom stereocenters. The van der Waals surface area contributed by atoms with Crippen LogP contribution in [0.3, 0.4) is 0 Å². The quantitative estimate of drug-likeness (QED) is 0.683. The summed E-state index contributed by atoms with van der Waals surface area (Å²) in [5.41, 5.74) is 9.43. The highest BCUT2D eigenvalue weighted by molar-refractivity contribution is 5.73. The van der Waals surface area contributed by atoms with E-state index < -0.39 is 6.10 Å². The predicted octanol–water partition coefficient (Wildman–Crippen LogP) is 2.28. The lowest BCUT2D eigenvalue weighted by molar-refractivity contribution is -0.665. The molecular formula is C19H24N3O2+. The van der Waals surface area contributed by atoms with Gasteiger partial charge in [0.15, 0.2) is 0 Å². The standard InChI is InChI=1S/C19H23N3O2/c1-3-21-16-9-5-6-10-17(16)22(19(21)20)12-15(23)13-24-18-11-7-4-8-14(18)2/h4-11,15,20,23H,3,12-13H2,1-2H3/p+1/t15-/m1/s1. The first kappa shape index (κ1) is 16.3. The van der Waals surface area contributed by atoms with Crippen LogP contribution in [0.2, 0.25) is 0 Å². The molecule has 24 heavy (non-hydrogen) atoms. The highest BCUT2D eigenvalue weighted by Gasteiger charge is 2.22. The molecule has 0 bridgehead atoms. The number of aliphatic hydroxyl groups excluding tert-OH is 1. The second-order valence-corrected chi connectivity index (χ2v) is 5.93. The molecule has 0 aliphatic heterocycles. The van der Waals surface area contributed by atoms with E-state index in [0.717, 1.165) is 28.9 Å². The van der Waals surface area contributed by atoms with Crippen LogP contribution >= 0.6 is 0 Å². The molecule has 0 aliphatic rings. The highest BCUT2D eigenvalue weighted by Crippen LogP contribution is 2.18. The Bertz CT molecular complexity index is 842. The fraction of sp³-hybridized carbons (Fsp3) is 0.316. The Morgan fingerprint density at radius 2 is 1.88 bits per heavy atom. The van der Waals surface area contributed by atoms with E-state index in [4.69, 9.17) is 10.5 Å². The summed E-state index contributed by atoms with van der Waals surface area (Å²) in [5.74, 6) is 1.44. The molecule has 3 rings (SSSR count). The summed E-state index contributed by atoms with van der Waals surface area (Å²) in [6.45, 7) is 5.46. The number of aromatic nitrogens is 2. The van der Waals surface area contributed by atoms with Gasteiger partial charge in [0.1, 0.15) is 36.0 Å². The number of aryl methyl sites for hydroxylation is 2. The van der Waals surface area contributed by atoms with E-state index in [1.807, 2.05) is 64.6 Å². The van der Waals surface area contributed by atoms with Crippen LogP contribution in [0.1, 0.15) is 12.5 Å². The number of imidazole rings is 1. The van der Waals surface area contributed by atoms with E-state index in [0.29, 0.717) is 12.5 Å². The third-order valence-electron chi connectivity index (χ3n) is 4.25. The fourth-order valence-corrected chi connectivity index (χ4v) is 3.01. The third-order valence-corrected chi connectivity index (χ3v) is 4.25. The second kappa shape index (κ2) is 6.93. The Kier molecular flexibility index (Phi) is 4.71. The molecule has 0 saturated heterocycles. The Labute approximate surface area is 141 Å². The number of nitrogens with zero attached hydrogens (tertiary/aromatic N) is 2. The zero-order valence-corrected chi connectivity index (χ0v) is 14.1. The number of hydrogen-bond acceptors (Lipinski definition) is 3. The Morgan fingerprint density at radius 1 is 1.17 bits per heavy atom. The first-order chi connectivity index (χ1) is 11.6. The third kappa shape index (κ3) is 3.08. The van der Waals surface area contributed by atoms with Crippen LogP contribution in [-0.4, -0.2) is 22.4 Å². The zero-order chi connectivity index (χ0) is 17.1. The first-order valence-corrected chi connectivity index (χ1v) is 8.24. The number of ether oxygens (including phenoxy) is 1. The van der Waals surface area contributed by atoms with Crippen molar-refractivity contribution in [2.75, 3.05) is 12.3 Å². The van der Waals surface area contributed by atoms with Crippen LogP contribution in [0, 0.1) is 6.92 Å². The highest BCUT2D eigenvalue weighted by atomic mass is 16.5. The number of para-hydroxylation sites is 3. The van der Waals surface area contributed by atoms with Gasteiger partial charge >= 0.3 is 5.95 Å².